The van der Waals surface area contributed by atoms with Crippen molar-refractivity contribution < 1.29 is 0 Å². The third kappa shape index (κ3) is 3.30. The smallest absolute Gasteiger partial charge is 0.0300 e. The molecule has 84 valence electrons. The zero-order valence-electron chi connectivity index (χ0n) is 9.41. The van der Waals surface area contributed by atoms with E-state index in [1.807, 2.05) is 11.3 Å². The highest BCUT2D eigenvalue weighted by Crippen LogP contribution is 2.15. The predicted molar refractivity (Wildman–Crippen MR) is 66.3 cm³/mol. The fourth-order valence-corrected chi connectivity index (χ4v) is 2.85. The highest BCUT2D eigenvalue weighted by molar-refractivity contribution is 7.09. The van der Waals surface area contributed by atoms with Crippen LogP contribution < -0.4 is 5.32 Å². The van der Waals surface area contributed by atoms with E-state index in [1.165, 1.54) is 30.8 Å². The minimum atomic E-state index is 0.800. The van der Waals surface area contributed by atoms with E-state index in [1.54, 1.807) is 0 Å². The summed E-state index contributed by atoms with van der Waals surface area (Å²) in [5.41, 5.74) is 0. The van der Waals surface area contributed by atoms with Crippen molar-refractivity contribution >= 4 is 11.3 Å². The second-order valence-corrected chi connectivity index (χ2v) is 5.32. The molecule has 1 aliphatic heterocycles. The molecule has 1 unspecified atom stereocenters. The summed E-state index contributed by atoms with van der Waals surface area (Å²) in [7, 11) is 0. The Morgan fingerprint density at radius 2 is 2.53 bits per heavy atom. The van der Waals surface area contributed by atoms with Gasteiger partial charge in [-0.3, -0.25) is 4.90 Å². The van der Waals surface area contributed by atoms with Crippen LogP contribution in [0, 0.1) is 0 Å². The minimum absolute atomic E-state index is 0.800. The molecule has 2 heterocycles. The number of nitrogens with one attached hydrogen (secondary N) is 1. The third-order valence-corrected chi connectivity index (χ3v) is 4.02. The number of likely N-dealkylation sites (tertiary alicyclic amines) is 1. The molecule has 1 N–H and O–H groups in total. The van der Waals surface area contributed by atoms with Crippen LogP contribution in [0.1, 0.15) is 24.6 Å². The number of hydrogen-bond acceptors (Lipinski definition) is 3. The van der Waals surface area contributed by atoms with Gasteiger partial charge < -0.3 is 5.32 Å². The Morgan fingerprint density at radius 3 is 3.20 bits per heavy atom. The second-order valence-electron chi connectivity index (χ2n) is 4.28. The van der Waals surface area contributed by atoms with Crippen LogP contribution in [0.15, 0.2) is 17.5 Å². The van der Waals surface area contributed by atoms with Gasteiger partial charge in [0, 0.05) is 30.6 Å². The van der Waals surface area contributed by atoms with Crippen molar-refractivity contribution in [2.24, 2.45) is 0 Å². The topological polar surface area (TPSA) is 15.3 Å². The van der Waals surface area contributed by atoms with Crippen LogP contribution in [0.2, 0.25) is 0 Å². The van der Waals surface area contributed by atoms with Crippen molar-refractivity contribution in [3.05, 3.63) is 22.4 Å². The lowest BCUT2D eigenvalue weighted by Crippen LogP contribution is -2.33. The number of hydrogen-bond donors (Lipinski definition) is 1. The molecule has 1 aliphatic rings. The molecule has 0 spiro atoms. The van der Waals surface area contributed by atoms with Gasteiger partial charge in [-0.05, 0) is 37.8 Å². The molecule has 3 heteroatoms. The summed E-state index contributed by atoms with van der Waals surface area (Å²) in [5.74, 6) is 0. The van der Waals surface area contributed by atoms with Crippen molar-refractivity contribution in [1.82, 2.24) is 10.2 Å². The quantitative estimate of drug-likeness (QED) is 0.772. The highest BCUT2D eigenvalue weighted by Gasteiger charge is 2.18. The Morgan fingerprint density at radius 1 is 1.60 bits per heavy atom. The lowest BCUT2D eigenvalue weighted by Gasteiger charge is -2.20. The molecule has 2 nitrogen and oxygen atoms in total. The van der Waals surface area contributed by atoms with Crippen LogP contribution in [0.4, 0.5) is 0 Å². The maximum absolute atomic E-state index is 3.50. The van der Waals surface area contributed by atoms with Crippen LogP contribution >= 0.6 is 11.3 Å². The third-order valence-electron chi connectivity index (χ3n) is 3.15. The molecule has 1 aromatic rings. The summed E-state index contributed by atoms with van der Waals surface area (Å²) < 4.78 is 0. The van der Waals surface area contributed by atoms with Gasteiger partial charge in [0.1, 0.15) is 0 Å². The maximum atomic E-state index is 3.50. The predicted octanol–water partition coefficient (Wildman–Crippen LogP) is 2.32. The van der Waals surface area contributed by atoms with E-state index >= 15 is 0 Å². The molecule has 1 aromatic heterocycles. The van der Waals surface area contributed by atoms with Gasteiger partial charge in [-0.2, -0.15) is 0 Å². The van der Waals surface area contributed by atoms with E-state index in [2.05, 4.69) is 34.7 Å². The summed E-state index contributed by atoms with van der Waals surface area (Å²) in [6.07, 6.45) is 2.76. The molecule has 15 heavy (non-hydrogen) atoms. The molecule has 0 aromatic carbocycles. The van der Waals surface area contributed by atoms with Crippen molar-refractivity contribution in [1.29, 1.82) is 0 Å². The molecule has 0 bridgehead atoms. The van der Waals surface area contributed by atoms with Gasteiger partial charge in [0.2, 0.25) is 0 Å². The van der Waals surface area contributed by atoms with Gasteiger partial charge in [0.25, 0.3) is 0 Å². The molecule has 0 amide bonds. The molecule has 2 rings (SSSR count). The summed E-state index contributed by atoms with van der Waals surface area (Å²) in [6, 6.07) is 5.11. The Kier molecular flexibility index (Phi) is 4.18. The normalized spacial score (nSPS) is 22.3. The van der Waals surface area contributed by atoms with Crippen LogP contribution in [0.5, 0.6) is 0 Å². The zero-order valence-corrected chi connectivity index (χ0v) is 10.2. The average molecular weight is 224 g/mol. The van der Waals surface area contributed by atoms with Crippen LogP contribution in [0.25, 0.3) is 0 Å². The van der Waals surface area contributed by atoms with Gasteiger partial charge in [0.15, 0.2) is 0 Å². The first-order chi connectivity index (χ1) is 7.36. The molecule has 0 saturated carbocycles. The van der Waals surface area contributed by atoms with Gasteiger partial charge in [-0.25, -0.2) is 0 Å². The molecular formula is C12H20N2S. The lowest BCUT2D eigenvalue weighted by molar-refractivity contribution is 0.268. The molecule has 1 saturated heterocycles. The van der Waals surface area contributed by atoms with Gasteiger partial charge in [-0.15, -0.1) is 11.3 Å². The first-order valence-corrected chi connectivity index (χ1v) is 6.71. The average Bonchev–Trinajstić information content (AvgIpc) is 2.85. The van der Waals surface area contributed by atoms with E-state index in [0.717, 1.165) is 19.1 Å². The van der Waals surface area contributed by atoms with Crippen LogP contribution in [-0.4, -0.2) is 30.6 Å². The first kappa shape index (κ1) is 11.1. The SMILES string of the molecule is CC1CCCN1CCNCc1cccs1. The molecule has 0 radical (unpaired) electrons. The molecule has 0 aliphatic carbocycles. The van der Waals surface area contributed by atoms with Crippen molar-refractivity contribution in [2.45, 2.75) is 32.4 Å². The van der Waals surface area contributed by atoms with E-state index < -0.39 is 0 Å². The fraction of sp³-hybridized carbons (Fsp3) is 0.667. The molecule has 1 fully saturated rings. The minimum Gasteiger partial charge on any atom is -0.311 e. The standard InChI is InChI=1S/C12H20N2S/c1-11-4-2-7-14(11)8-6-13-10-12-5-3-9-15-12/h3,5,9,11,13H,2,4,6-8,10H2,1H3. The Labute approximate surface area is 96.3 Å². The lowest BCUT2D eigenvalue weighted by atomic mass is 10.2. The number of thiophene rings is 1. The zero-order chi connectivity index (χ0) is 10.5. The van der Waals surface area contributed by atoms with Crippen molar-refractivity contribution in [3.63, 3.8) is 0 Å². The van der Waals surface area contributed by atoms with E-state index in [9.17, 15) is 0 Å². The van der Waals surface area contributed by atoms with Gasteiger partial charge in [-0.1, -0.05) is 6.07 Å². The van der Waals surface area contributed by atoms with Crippen LogP contribution in [-0.2, 0) is 6.54 Å². The monoisotopic (exact) mass is 224 g/mol. The summed E-state index contributed by atoms with van der Waals surface area (Å²) >= 11 is 1.83. The Hall–Kier alpha value is -0.380. The Balaban J connectivity index is 1.59. The van der Waals surface area contributed by atoms with Crippen LogP contribution in [0.3, 0.4) is 0 Å². The van der Waals surface area contributed by atoms with Crippen molar-refractivity contribution in [2.75, 3.05) is 19.6 Å². The fourth-order valence-electron chi connectivity index (χ4n) is 2.17. The summed E-state index contributed by atoms with van der Waals surface area (Å²) in [6.45, 7) is 6.97. The van der Waals surface area contributed by atoms with E-state index in [4.69, 9.17) is 0 Å². The molecule has 1 atom stereocenters. The van der Waals surface area contributed by atoms with Gasteiger partial charge >= 0.3 is 0 Å². The highest BCUT2D eigenvalue weighted by atomic mass is 32.1. The number of nitrogens with zero attached hydrogens (tertiary/aromatic N) is 1. The van der Waals surface area contributed by atoms with E-state index in [-0.39, 0.29) is 0 Å². The van der Waals surface area contributed by atoms with E-state index in [0.29, 0.717) is 0 Å². The molecular weight excluding hydrogens is 204 g/mol. The maximum Gasteiger partial charge on any atom is 0.0300 e. The van der Waals surface area contributed by atoms with Gasteiger partial charge in [0.05, 0.1) is 0 Å². The number of rotatable bonds is 5. The van der Waals surface area contributed by atoms with Crippen molar-refractivity contribution in [3.8, 4) is 0 Å². The second kappa shape index (κ2) is 5.64. The summed E-state index contributed by atoms with van der Waals surface area (Å²) in [5, 5.41) is 5.64. The first-order valence-electron chi connectivity index (χ1n) is 5.83. The largest absolute Gasteiger partial charge is 0.311 e. The summed E-state index contributed by atoms with van der Waals surface area (Å²) in [4.78, 5) is 4.02. The Bertz CT molecular complexity index is 271.